The van der Waals surface area contributed by atoms with Gasteiger partial charge in [0.2, 0.25) is 5.78 Å². The molecule has 2 aromatic carbocycles. The van der Waals surface area contributed by atoms with Gasteiger partial charge in [0.1, 0.15) is 20.2 Å². The molecular formula is C19H15BBrNO5. The molecule has 0 aliphatic heterocycles. The standard InChI is InChI=1S/C19H15BBrNO5/c20-15-6-3-12(9-17(23)18(24)25)7-13(15)10-27-19(26)16(22)8-11-1-4-14(21)5-2-11/h1-7,22H,8-10H2,(H,24,25). The predicted molar refractivity (Wildman–Crippen MR) is 104 cm³/mol. The Morgan fingerprint density at radius 3 is 2.30 bits per heavy atom. The van der Waals surface area contributed by atoms with Crippen LogP contribution in [0.1, 0.15) is 16.7 Å². The van der Waals surface area contributed by atoms with Gasteiger partial charge in [0.25, 0.3) is 0 Å². The number of nitrogens with one attached hydrogen (secondary N) is 1. The van der Waals surface area contributed by atoms with Gasteiger partial charge in [-0.1, -0.05) is 51.7 Å². The molecule has 0 atom stereocenters. The summed E-state index contributed by atoms with van der Waals surface area (Å²) in [5.74, 6) is -3.23. The van der Waals surface area contributed by atoms with Crippen LogP contribution in [0.15, 0.2) is 46.9 Å². The molecule has 6 nitrogen and oxygen atoms in total. The molecule has 0 amide bonds. The summed E-state index contributed by atoms with van der Waals surface area (Å²) in [6.07, 6.45) is -0.148. The number of esters is 1. The number of carboxylic acid groups (broad SMARTS) is 1. The van der Waals surface area contributed by atoms with Crippen molar-refractivity contribution in [2.24, 2.45) is 0 Å². The highest BCUT2D eigenvalue weighted by Gasteiger charge is 2.15. The zero-order chi connectivity index (χ0) is 20.0. The normalized spacial score (nSPS) is 10.3. The van der Waals surface area contributed by atoms with Crippen LogP contribution in [0.3, 0.4) is 0 Å². The number of carbonyl (C=O) groups is 3. The lowest BCUT2D eigenvalue weighted by Crippen LogP contribution is -2.21. The summed E-state index contributed by atoms with van der Waals surface area (Å²) in [7, 11) is 5.83. The first kappa shape index (κ1) is 20.6. The van der Waals surface area contributed by atoms with Crippen molar-refractivity contribution in [3.8, 4) is 0 Å². The molecule has 0 fully saturated rings. The topological polar surface area (TPSA) is 105 Å². The van der Waals surface area contributed by atoms with E-state index in [-0.39, 0.29) is 25.2 Å². The molecule has 2 rings (SSSR count). The van der Waals surface area contributed by atoms with Crippen LogP contribution in [0, 0.1) is 5.41 Å². The van der Waals surface area contributed by atoms with E-state index < -0.39 is 17.7 Å². The minimum absolute atomic E-state index is 0.134. The number of aliphatic carboxylic acids is 1. The third-order valence-corrected chi connectivity index (χ3v) is 4.24. The molecule has 0 bridgehead atoms. The highest BCUT2D eigenvalue weighted by Crippen LogP contribution is 2.12. The highest BCUT2D eigenvalue weighted by molar-refractivity contribution is 9.10. The van der Waals surface area contributed by atoms with E-state index in [9.17, 15) is 14.4 Å². The van der Waals surface area contributed by atoms with E-state index in [0.29, 0.717) is 16.6 Å². The van der Waals surface area contributed by atoms with Crippen molar-refractivity contribution in [2.45, 2.75) is 19.4 Å². The zero-order valence-electron chi connectivity index (χ0n) is 14.2. The summed E-state index contributed by atoms with van der Waals surface area (Å²) in [4.78, 5) is 34.0. The van der Waals surface area contributed by atoms with Crippen molar-refractivity contribution in [1.82, 2.24) is 0 Å². The first-order valence-electron chi connectivity index (χ1n) is 7.88. The van der Waals surface area contributed by atoms with Crippen LogP contribution in [-0.4, -0.2) is 36.4 Å². The molecule has 27 heavy (non-hydrogen) atoms. The third kappa shape index (κ3) is 6.18. The SMILES string of the molecule is [B]c1ccc(CC(=O)C(=O)O)cc1COC(=O)C(=N)Cc1ccc(Br)cc1. The molecule has 0 saturated heterocycles. The fourth-order valence-corrected chi connectivity index (χ4v) is 2.53. The molecule has 0 aliphatic rings. The summed E-state index contributed by atoms with van der Waals surface area (Å²) >= 11 is 3.32. The molecule has 2 N–H and O–H groups in total. The number of hydrogen-bond donors (Lipinski definition) is 2. The van der Waals surface area contributed by atoms with Crippen molar-refractivity contribution in [1.29, 1.82) is 5.41 Å². The van der Waals surface area contributed by atoms with Crippen LogP contribution in [0.4, 0.5) is 0 Å². The largest absolute Gasteiger partial charge is 0.475 e. The van der Waals surface area contributed by atoms with E-state index in [2.05, 4.69) is 15.9 Å². The lowest BCUT2D eigenvalue weighted by molar-refractivity contribution is -0.148. The van der Waals surface area contributed by atoms with Crippen LogP contribution in [0.25, 0.3) is 0 Å². The van der Waals surface area contributed by atoms with Gasteiger partial charge in [-0.2, -0.15) is 0 Å². The van der Waals surface area contributed by atoms with Crippen molar-refractivity contribution >= 4 is 52.7 Å². The van der Waals surface area contributed by atoms with Gasteiger partial charge >= 0.3 is 11.9 Å². The molecule has 0 spiro atoms. The Bertz CT molecular complexity index is 895. The smallest absolute Gasteiger partial charge is 0.372 e. The number of carbonyl (C=O) groups excluding carboxylic acids is 2. The number of carboxylic acids is 1. The van der Waals surface area contributed by atoms with Gasteiger partial charge in [-0.15, -0.1) is 0 Å². The van der Waals surface area contributed by atoms with Crippen LogP contribution < -0.4 is 5.46 Å². The molecule has 0 aliphatic carbocycles. The molecule has 2 radical (unpaired) electrons. The van der Waals surface area contributed by atoms with Crippen LogP contribution in [0.2, 0.25) is 0 Å². The molecular weight excluding hydrogens is 413 g/mol. The summed E-state index contributed by atoms with van der Waals surface area (Å²) in [5, 5.41) is 16.5. The second kappa shape index (κ2) is 9.27. The average Bonchev–Trinajstić information content (AvgIpc) is 2.63. The number of hydrogen-bond acceptors (Lipinski definition) is 5. The van der Waals surface area contributed by atoms with Crippen molar-refractivity contribution < 1.29 is 24.2 Å². The molecule has 0 aromatic heterocycles. The minimum atomic E-state index is -1.51. The number of rotatable bonds is 8. The first-order valence-corrected chi connectivity index (χ1v) is 8.68. The van der Waals surface area contributed by atoms with Crippen LogP contribution >= 0.6 is 15.9 Å². The summed E-state index contributed by atoms with van der Waals surface area (Å²) in [6.45, 7) is -0.178. The number of Topliss-reactive ketones (excluding diaryl/α,β-unsaturated/α-hetero) is 1. The van der Waals surface area contributed by atoms with Crippen LogP contribution in [-0.2, 0) is 38.6 Å². The van der Waals surface area contributed by atoms with E-state index in [0.717, 1.165) is 10.0 Å². The lowest BCUT2D eigenvalue weighted by Gasteiger charge is -2.10. The van der Waals surface area contributed by atoms with Crippen molar-refractivity contribution in [2.75, 3.05) is 0 Å². The maximum atomic E-state index is 12.0. The third-order valence-electron chi connectivity index (χ3n) is 3.71. The lowest BCUT2D eigenvalue weighted by atomic mass is 9.89. The first-order chi connectivity index (χ1) is 12.8. The second-order valence-electron chi connectivity index (χ2n) is 5.80. The average molecular weight is 428 g/mol. The fourth-order valence-electron chi connectivity index (χ4n) is 2.26. The maximum absolute atomic E-state index is 12.0. The van der Waals surface area contributed by atoms with Gasteiger partial charge in [-0.05, 0) is 28.8 Å². The summed E-state index contributed by atoms with van der Waals surface area (Å²) < 4.78 is 6.02. The Morgan fingerprint density at radius 2 is 1.67 bits per heavy atom. The van der Waals surface area contributed by atoms with Gasteiger partial charge in [-0.25, -0.2) is 9.59 Å². The summed E-state index contributed by atoms with van der Waals surface area (Å²) in [5.41, 5.74) is 1.83. The molecule has 136 valence electrons. The Labute approximate surface area is 165 Å². The zero-order valence-corrected chi connectivity index (χ0v) is 15.8. The Balaban J connectivity index is 1.97. The maximum Gasteiger partial charge on any atom is 0.372 e. The van der Waals surface area contributed by atoms with E-state index in [1.165, 1.54) is 18.2 Å². The van der Waals surface area contributed by atoms with Gasteiger partial charge in [0, 0.05) is 17.3 Å². The van der Waals surface area contributed by atoms with E-state index in [1.54, 1.807) is 12.1 Å². The number of ketones is 1. The Morgan fingerprint density at radius 1 is 1.04 bits per heavy atom. The van der Waals surface area contributed by atoms with Gasteiger partial charge < -0.3 is 9.84 Å². The molecule has 0 heterocycles. The van der Waals surface area contributed by atoms with Gasteiger partial charge in [-0.3, -0.25) is 10.2 Å². The van der Waals surface area contributed by atoms with Gasteiger partial charge in [0.05, 0.1) is 0 Å². The van der Waals surface area contributed by atoms with Crippen LogP contribution in [0.5, 0.6) is 0 Å². The van der Waals surface area contributed by atoms with E-state index >= 15 is 0 Å². The fraction of sp³-hybridized carbons (Fsp3) is 0.158. The molecule has 0 saturated carbocycles. The second-order valence-corrected chi connectivity index (χ2v) is 6.71. The number of halogens is 1. The predicted octanol–water partition coefficient (Wildman–Crippen LogP) is 1.74. The monoisotopic (exact) mass is 427 g/mol. The van der Waals surface area contributed by atoms with E-state index in [1.807, 2.05) is 12.1 Å². The summed E-state index contributed by atoms with van der Waals surface area (Å²) in [6, 6.07) is 11.8. The number of benzene rings is 2. The Kier molecular flexibility index (Phi) is 7.07. The number of ether oxygens (including phenoxy) is 1. The Hall–Kier alpha value is -2.74. The highest BCUT2D eigenvalue weighted by atomic mass is 79.9. The molecule has 8 heteroatoms. The van der Waals surface area contributed by atoms with E-state index in [4.69, 9.17) is 23.1 Å². The molecule has 2 aromatic rings. The molecule has 0 unspecified atom stereocenters. The minimum Gasteiger partial charge on any atom is -0.475 e. The van der Waals surface area contributed by atoms with Gasteiger partial charge in [0.15, 0.2) is 0 Å². The quantitative estimate of drug-likeness (QED) is 0.289. The van der Waals surface area contributed by atoms with Crippen molar-refractivity contribution in [3.05, 3.63) is 63.6 Å². The van der Waals surface area contributed by atoms with Crippen molar-refractivity contribution in [3.63, 3.8) is 0 Å².